The molecule has 0 fully saturated rings. The summed E-state index contributed by atoms with van der Waals surface area (Å²) in [6.45, 7) is 7.71. The molecule has 4 nitrogen and oxygen atoms in total. The first-order valence-corrected chi connectivity index (χ1v) is 6.35. The minimum absolute atomic E-state index is 0.0417. The highest BCUT2D eigenvalue weighted by molar-refractivity contribution is 5.94. The van der Waals surface area contributed by atoms with E-state index in [1.807, 2.05) is 0 Å². The summed E-state index contributed by atoms with van der Waals surface area (Å²) in [5, 5.41) is 2.93. The zero-order valence-electron chi connectivity index (χ0n) is 11.5. The average Bonchev–Trinajstić information content (AvgIpc) is 2.28. The van der Waals surface area contributed by atoms with Crippen LogP contribution in [0.2, 0.25) is 0 Å². The van der Waals surface area contributed by atoms with Crippen molar-refractivity contribution in [1.82, 2.24) is 10.3 Å². The van der Waals surface area contributed by atoms with E-state index in [-0.39, 0.29) is 11.3 Å². The Morgan fingerprint density at radius 2 is 2.17 bits per heavy atom. The number of amides is 1. The van der Waals surface area contributed by atoms with Crippen molar-refractivity contribution < 1.29 is 4.79 Å². The summed E-state index contributed by atoms with van der Waals surface area (Å²) in [5.74, 6) is -0.0417. The molecule has 0 aliphatic carbocycles. The number of rotatable bonds is 5. The Balaban J connectivity index is 2.53. The van der Waals surface area contributed by atoms with E-state index in [1.165, 1.54) is 0 Å². The number of hydrogen-bond acceptors (Lipinski definition) is 3. The standard InChI is InChI=1S/C14H23N3O/c1-14(2,3)6-9-17-13(18)11-5-8-16-12(10-11)4-7-15/h5,8,10H,4,6-7,9,15H2,1-3H3,(H,17,18). The van der Waals surface area contributed by atoms with Crippen LogP contribution in [0.3, 0.4) is 0 Å². The number of hydrogen-bond donors (Lipinski definition) is 2. The molecule has 0 unspecified atom stereocenters. The summed E-state index contributed by atoms with van der Waals surface area (Å²) in [6.07, 6.45) is 3.31. The van der Waals surface area contributed by atoms with Crippen molar-refractivity contribution in [1.29, 1.82) is 0 Å². The van der Waals surface area contributed by atoms with Crippen molar-refractivity contribution in [3.8, 4) is 0 Å². The molecular formula is C14H23N3O. The predicted octanol–water partition coefficient (Wildman–Crippen LogP) is 1.75. The monoisotopic (exact) mass is 249 g/mol. The minimum Gasteiger partial charge on any atom is -0.352 e. The zero-order chi connectivity index (χ0) is 13.6. The third-order valence-corrected chi connectivity index (χ3v) is 2.64. The Labute approximate surface area is 109 Å². The Morgan fingerprint density at radius 1 is 1.44 bits per heavy atom. The largest absolute Gasteiger partial charge is 0.352 e. The van der Waals surface area contributed by atoms with E-state index >= 15 is 0 Å². The Bertz CT molecular complexity index is 396. The Hall–Kier alpha value is -1.42. The molecule has 0 saturated heterocycles. The number of nitrogens with two attached hydrogens (primary N) is 1. The molecule has 0 aromatic carbocycles. The van der Waals surface area contributed by atoms with Crippen LogP contribution in [0.4, 0.5) is 0 Å². The molecule has 0 aliphatic rings. The molecule has 1 aromatic heterocycles. The van der Waals surface area contributed by atoms with Crippen LogP contribution in [-0.2, 0) is 6.42 Å². The second-order valence-electron chi connectivity index (χ2n) is 5.64. The van der Waals surface area contributed by atoms with Gasteiger partial charge in [-0.1, -0.05) is 20.8 Å². The molecule has 100 valence electrons. The molecular weight excluding hydrogens is 226 g/mol. The van der Waals surface area contributed by atoms with Crippen LogP contribution >= 0.6 is 0 Å². The summed E-state index contributed by atoms with van der Waals surface area (Å²) in [6, 6.07) is 3.53. The van der Waals surface area contributed by atoms with Crippen molar-refractivity contribution in [2.45, 2.75) is 33.6 Å². The average molecular weight is 249 g/mol. The lowest BCUT2D eigenvalue weighted by Gasteiger charge is -2.18. The van der Waals surface area contributed by atoms with E-state index in [9.17, 15) is 4.79 Å². The quantitative estimate of drug-likeness (QED) is 0.835. The van der Waals surface area contributed by atoms with Gasteiger partial charge in [0.1, 0.15) is 0 Å². The number of pyridine rings is 1. The lowest BCUT2D eigenvalue weighted by molar-refractivity contribution is 0.0949. The number of carbonyl (C=O) groups excluding carboxylic acids is 1. The van der Waals surface area contributed by atoms with E-state index in [1.54, 1.807) is 18.3 Å². The SMILES string of the molecule is CC(C)(C)CCNC(=O)c1ccnc(CCN)c1. The highest BCUT2D eigenvalue weighted by atomic mass is 16.1. The topological polar surface area (TPSA) is 68.0 Å². The third-order valence-electron chi connectivity index (χ3n) is 2.64. The molecule has 3 N–H and O–H groups in total. The normalized spacial score (nSPS) is 11.3. The van der Waals surface area contributed by atoms with Crippen LogP contribution in [0.15, 0.2) is 18.3 Å². The predicted molar refractivity (Wildman–Crippen MR) is 73.4 cm³/mol. The molecule has 0 bridgehead atoms. The lowest BCUT2D eigenvalue weighted by Crippen LogP contribution is -2.27. The maximum atomic E-state index is 11.9. The van der Waals surface area contributed by atoms with Crippen molar-refractivity contribution in [2.75, 3.05) is 13.1 Å². The molecule has 0 spiro atoms. The summed E-state index contributed by atoms with van der Waals surface area (Å²) >= 11 is 0. The van der Waals surface area contributed by atoms with Gasteiger partial charge in [0, 0.05) is 30.4 Å². The van der Waals surface area contributed by atoms with Crippen LogP contribution in [0.25, 0.3) is 0 Å². The molecule has 0 atom stereocenters. The van der Waals surface area contributed by atoms with Gasteiger partial charge in [0.05, 0.1) is 0 Å². The van der Waals surface area contributed by atoms with Crippen molar-refractivity contribution in [3.63, 3.8) is 0 Å². The molecule has 0 radical (unpaired) electrons. The molecule has 1 amide bonds. The maximum absolute atomic E-state index is 11.9. The third kappa shape index (κ3) is 5.27. The van der Waals surface area contributed by atoms with E-state index in [4.69, 9.17) is 5.73 Å². The second kappa shape index (κ2) is 6.50. The smallest absolute Gasteiger partial charge is 0.251 e. The summed E-state index contributed by atoms with van der Waals surface area (Å²) in [4.78, 5) is 16.1. The van der Waals surface area contributed by atoms with Crippen LogP contribution in [0, 0.1) is 5.41 Å². The van der Waals surface area contributed by atoms with Gasteiger partial charge in [0.2, 0.25) is 0 Å². The van der Waals surface area contributed by atoms with Gasteiger partial charge in [-0.15, -0.1) is 0 Å². The van der Waals surface area contributed by atoms with Gasteiger partial charge in [-0.3, -0.25) is 9.78 Å². The van der Waals surface area contributed by atoms with Gasteiger partial charge < -0.3 is 11.1 Å². The Morgan fingerprint density at radius 3 is 2.78 bits per heavy atom. The van der Waals surface area contributed by atoms with Crippen LogP contribution in [0.5, 0.6) is 0 Å². The van der Waals surface area contributed by atoms with Crippen molar-refractivity contribution in [2.24, 2.45) is 11.1 Å². The number of nitrogens with one attached hydrogen (secondary N) is 1. The zero-order valence-corrected chi connectivity index (χ0v) is 11.5. The number of carbonyl (C=O) groups is 1. The maximum Gasteiger partial charge on any atom is 0.251 e. The summed E-state index contributed by atoms with van der Waals surface area (Å²) in [7, 11) is 0. The highest BCUT2D eigenvalue weighted by Gasteiger charge is 2.11. The first kappa shape index (κ1) is 14.6. The molecule has 18 heavy (non-hydrogen) atoms. The number of aromatic nitrogens is 1. The minimum atomic E-state index is -0.0417. The molecule has 1 rings (SSSR count). The highest BCUT2D eigenvalue weighted by Crippen LogP contribution is 2.17. The van der Waals surface area contributed by atoms with Crippen LogP contribution in [0.1, 0.15) is 43.2 Å². The first-order chi connectivity index (χ1) is 8.42. The number of nitrogens with zero attached hydrogens (tertiary/aromatic N) is 1. The van der Waals surface area contributed by atoms with Gasteiger partial charge in [-0.05, 0) is 30.5 Å². The Kier molecular flexibility index (Phi) is 5.28. The fourth-order valence-electron chi connectivity index (χ4n) is 1.56. The fourth-order valence-corrected chi connectivity index (χ4v) is 1.56. The van der Waals surface area contributed by atoms with Crippen LogP contribution < -0.4 is 11.1 Å². The first-order valence-electron chi connectivity index (χ1n) is 6.35. The molecule has 0 saturated carbocycles. The van der Waals surface area contributed by atoms with Crippen LogP contribution in [-0.4, -0.2) is 24.0 Å². The summed E-state index contributed by atoms with van der Waals surface area (Å²) in [5.41, 5.74) is 7.22. The molecule has 4 heteroatoms. The van der Waals surface area contributed by atoms with E-state index in [2.05, 4.69) is 31.1 Å². The van der Waals surface area contributed by atoms with Gasteiger partial charge in [0.15, 0.2) is 0 Å². The lowest BCUT2D eigenvalue weighted by atomic mass is 9.92. The van der Waals surface area contributed by atoms with Gasteiger partial charge in [-0.25, -0.2) is 0 Å². The van der Waals surface area contributed by atoms with E-state index in [0.29, 0.717) is 25.1 Å². The van der Waals surface area contributed by atoms with Gasteiger partial charge >= 0.3 is 0 Å². The van der Waals surface area contributed by atoms with E-state index < -0.39 is 0 Å². The van der Waals surface area contributed by atoms with Crippen molar-refractivity contribution in [3.05, 3.63) is 29.6 Å². The fraction of sp³-hybridized carbons (Fsp3) is 0.571. The van der Waals surface area contributed by atoms with Gasteiger partial charge in [-0.2, -0.15) is 0 Å². The molecule has 1 aromatic rings. The van der Waals surface area contributed by atoms with Gasteiger partial charge in [0.25, 0.3) is 5.91 Å². The molecule has 0 aliphatic heterocycles. The second-order valence-corrected chi connectivity index (χ2v) is 5.64. The summed E-state index contributed by atoms with van der Waals surface area (Å²) < 4.78 is 0. The molecule has 1 heterocycles. The van der Waals surface area contributed by atoms with E-state index in [0.717, 1.165) is 12.1 Å². The van der Waals surface area contributed by atoms with Crippen molar-refractivity contribution >= 4 is 5.91 Å².